The van der Waals surface area contributed by atoms with Crippen molar-refractivity contribution in [3.63, 3.8) is 0 Å². The number of carbonyl (C=O) groups excluding carboxylic acids is 2. The molecule has 0 bridgehead atoms. The second kappa shape index (κ2) is 12.4. The zero-order valence-corrected chi connectivity index (χ0v) is 24.7. The molecule has 0 radical (unpaired) electrons. The summed E-state index contributed by atoms with van der Waals surface area (Å²) in [6.45, 7) is 12.5. The minimum absolute atomic E-state index is 0.0751. The first-order valence-corrected chi connectivity index (χ1v) is 13.9. The van der Waals surface area contributed by atoms with Crippen LogP contribution in [0.25, 0.3) is 11.0 Å². The number of para-hydroxylation sites is 2. The summed E-state index contributed by atoms with van der Waals surface area (Å²) < 4.78 is 13.7. The Morgan fingerprint density at radius 1 is 1.07 bits per heavy atom. The highest BCUT2D eigenvalue weighted by molar-refractivity contribution is 6.31. The van der Waals surface area contributed by atoms with Gasteiger partial charge in [-0.25, -0.2) is 9.78 Å². The topological polar surface area (TPSA) is 94.8 Å². The van der Waals surface area contributed by atoms with Gasteiger partial charge in [-0.1, -0.05) is 41.9 Å². The molecule has 1 amide bonds. The van der Waals surface area contributed by atoms with Crippen molar-refractivity contribution in [3.05, 3.63) is 76.2 Å². The summed E-state index contributed by atoms with van der Waals surface area (Å²) in [6.07, 6.45) is 0. The number of aryl methyl sites for hydroxylation is 1. The molecule has 2 atom stereocenters. The molecule has 1 aliphatic heterocycles. The van der Waals surface area contributed by atoms with Crippen LogP contribution in [-0.2, 0) is 25.6 Å². The Morgan fingerprint density at radius 3 is 2.48 bits per heavy atom. The second-order valence-electron chi connectivity index (χ2n) is 10.9. The number of halogens is 1. The van der Waals surface area contributed by atoms with Crippen LogP contribution in [0.5, 0.6) is 0 Å². The molecule has 1 aliphatic rings. The van der Waals surface area contributed by atoms with E-state index in [4.69, 9.17) is 26.1 Å². The van der Waals surface area contributed by atoms with E-state index in [1.165, 1.54) is 0 Å². The van der Waals surface area contributed by atoms with Crippen LogP contribution in [0, 0.1) is 12.8 Å². The molecule has 8 nitrogen and oxygen atoms in total. The Kier molecular flexibility index (Phi) is 9.11. The molecule has 1 N–H and O–H groups in total. The highest BCUT2D eigenvalue weighted by atomic mass is 35.5. The van der Waals surface area contributed by atoms with Gasteiger partial charge in [-0.05, 0) is 65.3 Å². The van der Waals surface area contributed by atoms with Gasteiger partial charge in [0.2, 0.25) is 5.91 Å². The number of hydrogen-bond acceptors (Lipinski definition) is 6. The van der Waals surface area contributed by atoms with Gasteiger partial charge in [0.25, 0.3) is 0 Å². The molecule has 0 saturated carbocycles. The second-order valence-corrected chi connectivity index (χ2v) is 11.3. The number of carbonyl (C=O) groups is 2. The molecule has 4 rings (SSSR count). The van der Waals surface area contributed by atoms with Gasteiger partial charge < -0.3 is 19.4 Å². The summed E-state index contributed by atoms with van der Waals surface area (Å²) in [5.74, 6) is -1.31. The lowest BCUT2D eigenvalue weighted by Crippen LogP contribution is -2.48. The first-order chi connectivity index (χ1) is 19.0. The highest BCUT2D eigenvalue weighted by Gasteiger charge is 2.43. The standard InChI is InChI=1S/C31H37ClN4O4/c1-7-40-30(38)28-24(18-39-17-16-36-20(3)34-23-14-10-11-15-25(23)36)33-19(2)26(29(37)35-31(4,5)6)27(28)21-12-8-9-13-22(21)32/h8-15,26-27H,7,16-18H2,1-6H3,(H,35,37). The van der Waals surface area contributed by atoms with E-state index in [-0.39, 0.29) is 19.1 Å². The SMILES string of the molecule is CCOC(=O)C1=C(COCCn2c(C)nc3ccccc32)N=C(C)C(C(=O)NC(C)(C)C)C1c1ccccc1Cl. The number of amides is 1. The molecule has 2 heterocycles. The third kappa shape index (κ3) is 6.45. The van der Waals surface area contributed by atoms with Crippen molar-refractivity contribution < 1.29 is 19.1 Å². The van der Waals surface area contributed by atoms with Crippen LogP contribution in [0.4, 0.5) is 0 Å². The molecule has 0 fully saturated rings. The van der Waals surface area contributed by atoms with Crippen LogP contribution in [0.1, 0.15) is 51.9 Å². The quantitative estimate of drug-likeness (QED) is 0.269. The van der Waals surface area contributed by atoms with Crippen molar-refractivity contribution in [2.45, 2.75) is 59.5 Å². The van der Waals surface area contributed by atoms with Crippen molar-refractivity contribution in [1.29, 1.82) is 0 Å². The Labute approximate surface area is 240 Å². The third-order valence-corrected chi connectivity index (χ3v) is 7.12. The predicted octanol–water partition coefficient (Wildman–Crippen LogP) is 5.62. The van der Waals surface area contributed by atoms with Gasteiger partial charge >= 0.3 is 5.97 Å². The number of rotatable bonds is 9. The van der Waals surface area contributed by atoms with Crippen LogP contribution >= 0.6 is 11.6 Å². The van der Waals surface area contributed by atoms with E-state index in [1.54, 1.807) is 19.9 Å². The summed E-state index contributed by atoms with van der Waals surface area (Å²) in [4.78, 5) is 36.5. The lowest BCUT2D eigenvalue weighted by Gasteiger charge is -2.35. The fraction of sp³-hybridized carbons (Fsp3) is 0.419. The molecular formula is C31H37ClN4O4. The van der Waals surface area contributed by atoms with E-state index in [2.05, 4.69) is 14.9 Å². The van der Waals surface area contributed by atoms with E-state index < -0.39 is 23.3 Å². The summed E-state index contributed by atoms with van der Waals surface area (Å²) in [7, 11) is 0. The first-order valence-electron chi connectivity index (χ1n) is 13.5. The van der Waals surface area contributed by atoms with Crippen molar-refractivity contribution in [1.82, 2.24) is 14.9 Å². The molecule has 0 aliphatic carbocycles. The molecule has 1 aromatic heterocycles. The van der Waals surface area contributed by atoms with Crippen molar-refractivity contribution in [2.24, 2.45) is 10.9 Å². The summed E-state index contributed by atoms with van der Waals surface area (Å²) in [6, 6.07) is 15.2. The smallest absolute Gasteiger partial charge is 0.336 e. The molecule has 40 heavy (non-hydrogen) atoms. The summed E-state index contributed by atoms with van der Waals surface area (Å²) in [5, 5.41) is 3.51. The number of nitrogens with zero attached hydrogens (tertiary/aromatic N) is 3. The van der Waals surface area contributed by atoms with Crippen molar-refractivity contribution >= 4 is 40.2 Å². The average molecular weight is 565 g/mol. The normalized spacial score (nSPS) is 17.6. The lowest BCUT2D eigenvalue weighted by atomic mass is 9.74. The molecule has 9 heteroatoms. The molecule has 3 aromatic rings. The number of hydrogen-bond donors (Lipinski definition) is 1. The van der Waals surface area contributed by atoms with Gasteiger partial charge in [-0.15, -0.1) is 0 Å². The number of benzene rings is 2. The molecule has 0 spiro atoms. The number of esters is 1. The number of aromatic nitrogens is 2. The molecule has 2 unspecified atom stereocenters. The van der Waals surface area contributed by atoms with E-state index in [1.807, 2.05) is 70.2 Å². The number of aliphatic imine (C=N–C) groups is 1. The van der Waals surface area contributed by atoms with Crippen molar-refractivity contribution in [3.8, 4) is 0 Å². The van der Waals surface area contributed by atoms with Gasteiger partial charge in [0.1, 0.15) is 5.82 Å². The number of ether oxygens (including phenoxy) is 2. The minimum atomic E-state index is -0.748. The molecule has 212 valence electrons. The Balaban J connectivity index is 1.68. The maximum Gasteiger partial charge on any atom is 0.336 e. The Hall–Kier alpha value is -3.49. The summed E-state index contributed by atoms with van der Waals surface area (Å²) in [5.41, 5.74) is 3.46. The monoisotopic (exact) mass is 564 g/mol. The van der Waals surface area contributed by atoms with Crippen LogP contribution < -0.4 is 5.32 Å². The molecule has 0 saturated heterocycles. The van der Waals surface area contributed by atoms with Gasteiger partial charge in [0.05, 0.1) is 48.0 Å². The molecular weight excluding hydrogens is 528 g/mol. The number of imidazole rings is 1. The predicted molar refractivity (Wildman–Crippen MR) is 158 cm³/mol. The van der Waals surface area contributed by atoms with E-state index in [9.17, 15) is 9.59 Å². The lowest BCUT2D eigenvalue weighted by molar-refractivity contribution is -0.139. The number of nitrogens with one attached hydrogen (secondary N) is 1. The van der Waals surface area contributed by atoms with E-state index in [0.29, 0.717) is 40.7 Å². The first kappa shape index (κ1) is 29.5. The van der Waals surface area contributed by atoms with Gasteiger partial charge in [-0.2, -0.15) is 0 Å². The largest absolute Gasteiger partial charge is 0.463 e. The van der Waals surface area contributed by atoms with E-state index in [0.717, 1.165) is 16.9 Å². The Bertz CT molecular complexity index is 1470. The number of fused-ring (bicyclic) bond motifs is 1. The zero-order valence-electron chi connectivity index (χ0n) is 24.0. The van der Waals surface area contributed by atoms with Crippen LogP contribution in [0.3, 0.4) is 0 Å². The molecule has 2 aromatic carbocycles. The Morgan fingerprint density at radius 2 is 1.77 bits per heavy atom. The zero-order chi connectivity index (χ0) is 29.0. The average Bonchev–Trinajstić information content (AvgIpc) is 3.20. The van der Waals surface area contributed by atoms with Crippen molar-refractivity contribution in [2.75, 3.05) is 19.8 Å². The van der Waals surface area contributed by atoms with E-state index >= 15 is 0 Å². The van der Waals surface area contributed by atoms with Gasteiger partial charge in [-0.3, -0.25) is 9.79 Å². The van der Waals surface area contributed by atoms with Crippen LogP contribution in [-0.4, -0.2) is 52.5 Å². The highest BCUT2D eigenvalue weighted by Crippen LogP contribution is 2.42. The summed E-state index contributed by atoms with van der Waals surface area (Å²) >= 11 is 6.66. The van der Waals surface area contributed by atoms with Crippen LogP contribution in [0.15, 0.2) is 64.8 Å². The van der Waals surface area contributed by atoms with Gasteiger partial charge in [0, 0.05) is 28.7 Å². The maximum atomic E-state index is 13.6. The van der Waals surface area contributed by atoms with Crippen LogP contribution in [0.2, 0.25) is 5.02 Å². The fourth-order valence-corrected chi connectivity index (χ4v) is 5.40. The minimum Gasteiger partial charge on any atom is -0.463 e. The third-order valence-electron chi connectivity index (χ3n) is 6.78. The maximum absolute atomic E-state index is 13.6. The fourth-order valence-electron chi connectivity index (χ4n) is 5.15. The van der Waals surface area contributed by atoms with Gasteiger partial charge in [0.15, 0.2) is 0 Å².